The molecule has 1 fully saturated rings. The maximum Gasteiger partial charge on any atom is 0.242 e. The van der Waals surface area contributed by atoms with Crippen LogP contribution in [0.25, 0.3) is 10.9 Å². The van der Waals surface area contributed by atoms with E-state index >= 15 is 0 Å². The van der Waals surface area contributed by atoms with Crippen LogP contribution in [0.5, 0.6) is 5.75 Å². The highest BCUT2D eigenvalue weighted by atomic mass is 16.5. The number of imide groups is 1. The van der Waals surface area contributed by atoms with E-state index in [0.717, 1.165) is 27.9 Å². The molecule has 5 nitrogen and oxygen atoms in total. The number of para-hydroxylation sites is 1. The van der Waals surface area contributed by atoms with Gasteiger partial charge < -0.3 is 9.30 Å². The smallest absolute Gasteiger partial charge is 0.242 e. The van der Waals surface area contributed by atoms with E-state index in [1.165, 1.54) is 10.5 Å². The van der Waals surface area contributed by atoms with Crippen LogP contribution in [-0.4, -0.2) is 23.5 Å². The van der Waals surface area contributed by atoms with E-state index in [1.54, 1.807) is 7.11 Å². The summed E-state index contributed by atoms with van der Waals surface area (Å²) in [7, 11) is 1.65. The maximum absolute atomic E-state index is 13.9. The van der Waals surface area contributed by atoms with E-state index in [2.05, 4.69) is 29.7 Å². The second-order valence-electron chi connectivity index (χ2n) is 9.32. The Balaban J connectivity index is 1.57. The van der Waals surface area contributed by atoms with Gasteiger partial charge >= 0.3 is 0 Å². The summed E-state index contributed by atoms with van der Waals surface area (Å²) in [5.41, 5.74) is 5.06. The lowest BCUT2D eigenvalue weighted by atomic mass is 9.74. The zero-order valence-corrected chi connectivity index (χ0v) is 19.3. The van der Waals surface area contributed by atoms with E-state index in [4.69, 9.17) is 4.74 Å². The number of fused-ring (bicyclic) bond motifs is 5. The van der Waals surface area contributed by atoms with E-state index < -0.39 is 5.92 Å². The molecule has 0 radical (unpaired) electrons. The van der Waals surface area contributed by atoms with Crippen molar-refractivity contribution >= 4 is 28.4 Å². The van der Waals surface area contributed by atoms with Gasteiger partial charge in [-0.15, -0.1) is 0 Å². The number of carbonyl (C=O) groups is 2. The van der Waals surface area contributed by atoms with Crippen LogP contribution < -0.4 is 9.64 Å². The molecule has 3 unspecified atom stereocenters. The van der Waals surface area contributed by atoms with Gasteiger partial charge in [0.2, 0.25) is 11.8 Å². The molecule has 0 N–H and O–H groups in total. The Morgan fingerprint density at radius 2 is 1.62 bits per heavy atom. The Labute approximate surface area is 198 Å². The van der Waals surface area contributed by atoms with Gasteiger partial charge in [0.25, 0.3) is 0 Å². The van der Waals surface area contributed by atoms with Gasteiger partial charge in [-0.3, -0.25) is 9.59 Å². The number of methoxy groups -OCH3 is 1. The third kappa shape index (κ3) is 3.00. The predicted octanol–water partition coefficient (Wildman–Crippen LogP) is 5.48. The first-order chi connectivity index (χ1) is 16.6. The molecular weight excluding hydrogens is 424 g/mol. The molecule has 1 saturated heterocycles. The van der Waals surface area contributed by atoms with Crippen LogP contribution in [0.4, 0.5) is 5.69 Å². The van der Waals surface area contributed by atoms with Crippen LogP contribution in [0.1, 0.15) is 42.0 Å². The van der Waals surface area contributed by atoms with E-state index in [1.807, 2.05) is 60.7 Å². The van der Waals surface area contributed by atoms with Crippen LogP contribution in [0.3, 0.4) is 0 Å². The summed E-state index contributed by atoms with van der Waals surface area (Å²) in [5.74, 6) is -0.159. The van der Waals surface area contributed by atoms with Crippen LogP contribution in [0.15, 0.2) is 78.9 Å². The van der Waals surface area contributed by atoms with Crippen molar-refractivity contribution in [1.29, 1.82) is 0 Å². The molecule has 2 aliphatic rings. The van der Waals surface area contributed by atoms with Crippen LogP contribution in [0.2, 0.25) is 0 Å². The second-order valence-corrected chi connectivity index (χ2v) is 9.32. The standard InChI is InChI=1S/C29H26N2O3/c1-18-15-23-26(29(33)31(28(23)32)20-11-7-4-8-12-20)25-22-16-21(34-2)13-14-24(22)30(27(18)25)17-19-9-5-3-6-10-19/h3-14,16,18,23,26H,15,17H2,1-2H3. The van der Waals surface area contributed by atoms with Crippen molar-refractivity contribution in [3.8, 4) is 5.75 Å². The maximum atomic E-state index is 13.9. The van der Waals surface area contributed by atoms with Crippen LogP contribution >= 0.6 is 0 Å². The van der Waals surface area contributed by atoms with Gasteiger partial charge in [0.05, 0.1) is 24.6 Å². The first-order valence-corrected chi connectivity index (χ1v) is 11.7. The Kier molecular flexibility index (Phi) is 4.80. The fourth-order valence-electron chi connectivity index (χ4n) is 5.91. The topological polar surface area (TPSA) is 51.5 Å². The number of hydrogen-bond acceptors (Lipinski definition) is 3. The molecule has 5 heteroatoms. The van der Waals surface area contributed by atoms with Crippen LogP contribution in [0, 0.1) is 5.92 Å². The molecule has 6 rings (SSSR count). The van der Waals surface area contributed by atoms with Crippen molar-refractivity contribution in [3.63, 3.8) is 0 Å². The normalized spacial score (nSPS) is 21.6. The molecule has 1 aliphatic heterocycles. The third-order valence-electron chi connectivity index (χ3n) is 7.36. The van der Waals surface area contributed by atoms with Crippen molar-refractivity contribution in [2.24, 2.45) is 5.92 Å². The zero-order chi connectivity index (χ0) is 23.4. The summed E-state index contributed by atoms with van der Waals surface area (Å²) in [6.07, 6.45) is 0.661. The minimum absolute atomic E-state index is 0.0921. The van der Waals surface area contributed by atoms with Crippen molar-refractivity contribution in [1.82, 2.24) is 4.57 Å². The number of carbonyl (C=O) groups excluding carboxylic acids is 2. The van der Waals surface area contributed by atoms with Gasteiger partial charge in [0.15, 0.2) is 0 Å². The van der Waals surface area contributed by atoms with Gasteiger partial charge in [0, 0.05) is 23.1 Å². The van der Waals surface area contributed by atoms with Crippen molar-refractivity contribution in [3.05, 3.63) is 95.7 Å². The Morgan fingerprint density at radius 3 is 2.32 bits per heavy atom. The molecule has 3 atom stereocenters. The number of amides is 2. The predicted molar refractivity (Wildman–Crippen MR) is 132 cm³/mol. The van der Waals surface area contributed by atoms with Crippen molar-refractivity contribution < 1.29 is 14.3 Å². The SMILES string of the molecule is COc1ccc2c(c1)c1c(n2Cc2ccccc2)C(C)CC2C(=O)N(c3ccccc3)C(=O)C12. The third-order valence-corrected chi connectivity index (χ3v) is 7.36. The Morgan fingerprint density at radius 1 is 0.912 bits per heavy atom. The van der Waals surface area contributed by atoms with Gasteiger partial charge in [0.1, 0.15) is 5.75 Å². The monoisotopic (exact) mass is 450 g/mol. The number of hydrogen-bond donors (Lipinski definition) is 0. The number of anilines is 1. The van der Waals surface area contributed by atoms with Gasteiger partial charge in [-0.1, -0.05) is 55.5 Å². The lowest BCUT2D eigenvalue weighted by Gasteiger charge is -2.29. The molecule has 3 aromatic carbocycles. The highest BCUT2D eigenvalue weighted by Gasteiger charge is 2.54. The van der Waals surface area contributed by atoms with Crippen molar-refractivity contribution in [2.75, 3.05) is 12.0 Å². The summed E-state index contributed by atoms with van der Waals surface area (Å²) < 4.78 is 7.88. The summed E-state index contributed by atoms with van der Waals surface area (Å²) in [6, 6.07) is 25.7. The molecule has 0 bridgehead atoms. The summed E-state index contributed by atoms with van der Waals surface area (Å²) in [6.45, 7) is 2.89. The average molecular weight is 451 g/mol. The Bertz CT molecular complexity index is 1410. The largest absolute Gasteiger partial charge is 0.497 e. The van der Waals surface area contributed by atoms with E-state index in [-0.39, 0.29) is 23.7 Å². The highest BCUT2D eigenvalue weighted by molar-refractivity contribution is 6.24. The van der Waals surface area contributed by atoms with E-state index in [9.17, 15) is 9.59 Å². The highest BCUT2D eigenvalue weighted by Crippen LogP contribution is 2.52. The quantitative estimate of drug-likeness (QED) is 0.387. The van der Waals surface area contributed by atoms with Gasteiger partial charge in [-0.05, 0) is 53.8 Å². The van der Waals surface area contributed by atoms with Crippen molar-refractivity contribution in [2.45, 2.75) is 31.7 Å². The average Bonchev–Trinajstić information content (AvgIpc) is 3.31. The lowest BCUT2D eigenvalue weighted by molar-refractivity contribution is -0.122. The molecular formula is C29H26N2O3. The molecule has 170 valence electrons. The number of nitrogens with zero attached hydrogens (tertiary/aromatic N) is 2. The molecule has 34 heavy (non-hydrogen) atoms. The summed E-state index contributed by atoms with van der Waals surface area (Å²) in [5, 5.41) is 1.00. The summed E-state index contributed by atoms with van der Waals surface area (Å²) >= 11 is 0. The fraction of sp³-hybridized carbons (Fsp3) is 0.241. The molecule has 0 spiro atoms. The molecule has 0 saturated carbocycles. The molecule has 2 amide bonds. The lowest BCUT2D eigenvalue weighted by Crippen LogP contribution is -2.30. The first-order valence-electron chi connectivity index (χ1n) is 11.7. The number of ether oxygens (including phenoxy) is 1. The zero-order valence-electron chi connectivity index (χ0n) is 19.3. The molecule has 4 aromatic rings. The summed E-state index contributed by atoms with van der Waals surface area (Å²) in [4.78, 5) is 28.8. The van der Waals surface area contributed by atoms with Gasteiger partial charge in [-0.25, -0.2) is 4.90 Å². The minimum atomic E-state index is -0.481. The first kappa shape index (κ1) is 20.7. The molecule has 2 heterocycles. The number of benzene rings is 3. The number of rotatable bonds is 4. The Hall–Kier alpha value is -3.86. The molecule has 1 aliphatic carbocycles. The minimum Gasteiger partial charge on any atom is -0.497 e. The van der Waals surface area contributed by atoms with Gasteiger partial charge in [-0.2, -0.15) is 0 Å². The fourth-order valence-corrected chi connectivity index (χ4v) is 5.91. The van der Waals surface area contributed by atoms with Crippen LogP contribution in [-0.2, 0) is 16.1 Å². The second kappa shape index (κ2) is 7.87. The number of aromatic nitrogens is 1. The molecule has 1 aromatic heterocycles. The van der Waals surface area contributed by atoms with E-state index in [0.29, 0.717) is 18.7 Å².